The van der Waals surface area contributed by atoms with Crippen molar-refractivity contribution in [3.63, 3.8) is 0 Å². The fraction of sp³-hybridized carbons (Fsp3) is 0.348. The Labute approximate surface area is 187 Å². The third kappa shape index (κ3) is 5.50. The number of carboxylic acids is 1. The van der Waals surface area contributed by atoms with E-state index in [9.17, 15) is 31.9 Å². The van der Waals surface area contributed by atoms with Crippen molar-refractivity contribution in [3.8, 4) is 0 Å². The molecule has 10 heteroatoms. The SMILES string of the molecule is Cc1cc(NC(=O)c2ccc(F)c(C(F)(F)C(=O)N[C@H]3CC[C@H](C(=O)O)CC3)c2)ccc1F. The molecule has 0 spiro atoms. The van der Waals surface area contributed by atoms with Crippen molar-refractivity contribution in [2.45, 2.75) is 44.6 Å². The molecule has 0 unspecified atom stereocenters. The molecule has 0 aromatic heterocycles. The van der Waals surface area contributed by atoms with Crippen molar-refractivity contribution >= 4 is 23.5 Å². The van der Waals surface area contributed by atoms with Gasteiger partial charge in [0.15, 0.2) is 0 Å². The van der Waals surface area contributed by atoms with Gasteiger partial charge in [-0.1, -0.05) is 0 Å². The van der Waals surface area contributed by atoms with E-state index in [1.165, 1.54) is 19.1 Å². The lowest BCUT2D eigenvalue weighted by Gasteiger charge is -2.28. The third-order valence-corrected chi connectivity index (χ3v) is 5.68. The fourth-order valence-electron chi connectivity index (χ4n) is 3.72. The van der Waals surface area contributed by atoms with Crippen LogP contribution in [0.4, 0.5) is 23.2 Å². The Morgan fingerprint density at radius 3 is 2.21 bits per heavy atom. The maximum atomic E-state index is 14.8. The highest BCUT2D eigenvalue weighted by atomic mass is 19.3. The Morgan fingerprint density at radius 1 is 0.970 bits per heavy atom. The van der Waals surface area contributed by atoms with Crippen LogP contribution >= 0.6 is 0 Å². The van der Waals surface area contributed by atoms with Crippen molar-refractivity contribution in [1.82, 2.24) is 5.32 Å². The lowest BCUT2D eigenvalue weighted by Crippen LogP contribution is -2.46. The minimum absolute atomic E-state index is 0.209. The predicted octanol–water partition coefficient (Wildman–Crippen LogP) is 4.38. The summed E-state index contributed by atoms with van der Waals surface area (Å²) in [6.45, 7) is 1.48. The number of hydrogen-bond donors (Lipinski definition) is 3. The van der Waals surface area contributed by atoms with Crippen LogP contribution < -0.4 is 10.6 Å². The molecular formula is C23H22F4N2O4. The average Bonchev–Trinajstić information content (AvgIpc) is 2.76. The van der Waals surface area contributed by atoms with Crippen LogP contribution in [-0.4, -0.2) is 28.9 Å². The van der Waals surface area contributed by atoms with Crippen LogP contribution in [0.15, 0.2) is 36.4 Å². The minimum atomic E-state index is -4.27. The molecule has 2 aromatic carbocycles. The van der Waals surface area contributed by atoms with E-state index >= 15 is 0 Å². The second-order valence-corrected chi connectivity index (χ2v) is 8.05. The number of carbonyl (C=O) groups excluding carboxylic acids is 2. The van der Waals surface area contributed by atoms with Gasteiger partial charge in [0.05, 0.1) is 11.5 Å². The first-order valence-electron chi connectivity index (χ1n) is 10.3. The molecule has 2 amide bonds. The normalized spacial score (nSPS) is 18.5. The van der Waals surface area contributed by atoms with Crippen molar-refractivity contribution in [2.24, 2.45) is 5.92 Å². The molecule has 176 valence electrons. The fourth-order valence-corrected chi connectivity index (χ4v) is 3.72. The number of nitrogens with one attached hydrogen (secondary N) is 2. The van der Waals surface area contributed by atoms with E-state index in [1.807, 2.05) is 0 Å². The molecule has 0 saturated heterocycles. The number of carbonyl (C=O) groups is 3. The Hall–Kier alpha value is -3.43. The first-order valence-corrected chi connectivity index (χ1v) is 10.3. The van der Waals surface area contributed by atoms with Gasteiger partial charge in [-0.2, -0.15) is 8.78 Å². The zero-order valence-electron chi connectivity index (χ0n) is 17.6. The second-order valence-electron chi connectivity index (χ2n) is 8.05. The summed E-state index contributed by atoms with van der Waals surface area (Å²) in [4.78, 5) is 35.7. The number of benzene rings is 2. The van der Waals surface area contributed by atoms with Gasteiger partial charge in [0.25, 0.3) is 11.8 Å². The molecule has 0 atom stereocenters. The highest BCUT2D eigenvalue weighted by Gasteiger charge is 2.44. The van der Waals surface area contributed by atoms with E-state index in [1.54, 1.807) is 0 Å². The van der Waals surface area contributed by atoms with Crippen LogP contribution in [0, 0.1) is 24.5 Å². The highest BCUT2D eigenvalue weighted by molar-refractivity contribution is 6.04. The number of anilines is 1. The number of rotatable bonds is 6. The number of alkyl halides is 2. The highest BCUT2D eigenvalue weighted by Crippen LogP contribution is 2.33. The van der Waals surface area contributed by atoms with Crippen molar-refractivity contribution in [2.75, 3.05) is 5.32 Å². The Balaban J connectivity index is 1.74. The van der Waals surface area contributed by atoms with Crippen molar-refractivity contribution in [1.29, 1.82) is 0 Å². The topological polar surface area (TPSA) is 95.5 Å². The van der Waals surface area contributed by atoms with Gasteiger partial charge in [-0.05, 0) is 74.6 Å². The molecule has 1 fully saturated rings. The van der Waals surface area contributed by atoms with E-state index in [0.717, 1.165) is 12.1 Å². The second kappa shape index (κ2) is 9.60. The van der Waals surface area contributed by atoms with E-state index in [4.69, 9.17) is 5.11 Å². The van der Waals surface area contributed by atoms with E-state index in [0.29, 0.717) is 12.1 Å². The summed E-state index contributed by atoms with van der Waals surface area (Å²) in [5.41, 5.74) is -1.11. The molecule has 2 aromatic rings. The first-order chi connectivity index (χ1) is 15.5. The number of halogens is 4. The van der Waals surface area contributed by atoms with Gasteiger partial charge in [0, 0.05) is 17.3 Å². The lowest BCUT2D eigenvalue weighted by atomic mass is 9.86. The maximum Gasteiger partial charge on any atom is 0.352 e. The van der Waals surface area contributed by atoms with Gasteiger partial charge in [0.2, 0.25) is 0 Å². The smallest absolute Gasteiger partial charge is 0.352 e. The molecule has 6 nitrogen and oxygen atoms in total. The van der Waals surface area contributed by atoms with Gasteiger partial charge in [-0.15, -0.1) is 0 Å². The number of aliphatic carboxylic acids is 1. The zero-order valence-corrected chi connectivity index (χ0v) is 17.6. The van der Waals surface area contributed by atoms with Crippen molar-refractivity contribution < 1.29 is 37.1 Å². The molecule has 0 radical (unpaired) electrons. The monoisotopic (exact) mass is 466 g/mol. The predicted molar refractivity (Wildman–Crippen MR) is 111 cm³/mol. The molecule has 0 heterocycles. The van der Waals surface area contributed by atoms with Crippen LogP contribution in [0.1, 0.15) is 47.2 Å². The molecule has 0 aliphatic heterocycles. The standard InChI is InChI=1S/C23H22F4N2O4/c1-12-10-16(7-9-18(12)24)28-20(30)14-4-8-19(25)17(11-14)23(26,27)22(33)29-15-5-2-13(3-6-15)21(31)32/h4,7-11,13,15H,2-3,5-6H2,1H3,(H,28,30)(H,29,33)(H,31,32)/t13-,15-. The molecule has 3 N–H and O–H groups in total. The van der Waals surface area contributed by atoms with Crippen LogP contribution in [0.5, 0.6) is 0 Å². The Bertz CT molecular complexity index is 1080. The molecular weight excluding hydrogens is 444 g/mol. The van der Waals surface area contributed by atoms with Crippen LogP contribution in [0.3, 0.4) is 0 Å². The molecule has 1 saturated carbocycles. The Kier molecular flexibility index (Phi) is 7.04. The zero-order chi connectivity index (χ0) is 24.3. The molecule has 1 aliphatic rings. The van der Waals surface area contributed by atoms with Gasteiger partial charge in [0.1, 0.15) is 11.6 Å². The van der Waals surface area contributed by atoms with E-state index in [-0.39, 0.29) is 42.5 Å². The summed E-state index contributed by atoms with van der Waals surface area (Å²) in [6.07, 6.45) is 0.888. The summed E-state index contributed by atoms with van der Waals surface area (Å²) >= 11 is 0. The summed E-state index contributed by atoms with van der Waals surface area (Å²) in [5, 5.41) is 13.6. The quantitative estimate of drug-likeness (QED) is 0.551. The van der Waals surface area contributed by atoms with Crippen LogP contribution in [-0.2, 0) is 15.5 Å². The van der Waals surface area contributed by atoms with Crippen LogP contribution in [0.2, 0.25) is 0 Å². The summed E-state index contributed by atoms with van der Waals surface area (Å²) < 4.78 is 57.3. The first kappa shape index (κ1) is 24.2. The van der Waals surface area contributed by atoms with E-state index < -0.39 is 52.9 Å². The van der Waals surface area contributed by atoms with E-state index in [2.05, 4.69) is 10.6 Å². The van der Waals surface area contributed by atoms with Gasteiger partial charge >= 0.3 is 11.9 Å². The molecule has 33 heavy (non-hydrogen) atoms. The van der Waals surface area contributed by atoms with Gasteiger partial charge < -0.3 is 15.7 Å². The van der Waals surface area contributed by atoms with Crippen molar-refractivity contribution in [3.05, 3.63) is 64.7 Å². The number of carboxylic acid groups (broad SMARTS) is 1. The summed E-state index contributed by atoms with van der Waals surface area (Å²) in [6, 6.07) is 5.36. The molecule has 1 aliphatic carbocycles. The molecule has 0 bridgehead atoms. The maximum absolute atomic E-state index is 14.8. The number of amides is 2. The van der Waals surface area contributed by atoms with Gasteiger partial charge in [-0.25, -0.2) is 8.78 Å². The number of aryl methyl sites for hydroxylation is 1. The number of hydrogen-bond acceptors (Lipinski definition) is 3. The van der Waals surface area contributed by atoms with Gasteiger partial charge in [-0.3, -0.25) is 14.4 Å². The molecule has 3 rings (SSSR count). The lowest BCUT2D eigenvalue weighted by molar-refractivity contribution is -0.148. The summed E-state index contributed by atoms with van der Waals surface area (Å²) in [5.74, 6) is -10.2. The van der Waals surface area contributed by atoms with Crippen LogP contribution in [0.25, 0.3) is 0 Å². The third-order valence-electron chi connectivity index (χ3n) is 5.68. The minimum Gasteiger partial charge on any atom is -0.481 e. The largest absolute Gasteiger partial charge is 0.481 e. The summed E-state index contributed by atoms with van der Waals surface area (Å²) in [7, 11) is 0. The average molecular weight is 466 g/mol. The Morgan fingerprint density at radius 2 is 1.61 bits per heavy atom.